The number of nitrogens with one attached hydrogen (secondary N) is 1. The van der Waals surface area contributed by atoms with E-state index in [0.29, 0.717) is 0 Å². The molecule has 0 atom stereocenters. The van der Waals surface area contributed by atoms with Crippen molar-refractivity contribution < 1.29 is 18.4 Å². The van der Waals surface area contributed by atoms with E-state index in [-0.39, 0.29) is 31.8 Å². The maximum Gasteiger partial charge on any atom is 0.291 e. The van der Waals surface area contributed by atoms with Crippen LogP contribution in [0.15, 0.2) is 23.1 Å². The Hall–Kier alpha value is -1.75. The van der Waals surface area contributed by atoms with E-state index in [9.17, 15) is 18.5 Å². The first kappa shape index (κ1) is 17.3. The standard InChI is InChI=1S/C11H18N4O5S/c1-2-14(6-3-7-16)21(19,20)11-5-4-9(13-12)8-10(11)15(17)18/h4-5,8,13,16H,2-3,6-7,12H2,1H3. The second-order valence-corrected chi connectivity index (χ2v) is 6.06. The number of nitrogen functional groups attached to an aromatic ring is 1. The van der Waals surface area contributed by atoms with E-state index in [1.165, 1.54) is 6.07 Å². The number of hydrazine groups is 1. The van der Waals surface area contributed by atoms with Crippen molar-refractivity contribution in [3.8, 4) is 0 Å². The fraction of sp³-hybridized carbons (Fsp3) is 0.455. The van der Waals surface area contributed by atoms with Crippen molar-refractivity contribution in [1.29, 1.82) is 0 Å². The van der Waals surface area contributed by atoms with Crippen molar-refractivity contribution >= 4 is 21.4 Å². The highest BCUT2D eigenvalue weighted by molar-refractivity contribution is 7.89. The number of aliphatic hydroxyl groups excluding tert-OH is 1. The summed E-state index contributed by atoms with van der Waals surface area (Å²) in [5.74, 6) is 5.17. The molecule has 0 saturated heterocycles. The Balaban J connectivity index is 3.32. The van der Waals surface area contributed by atoms with Gasteiger partial charge >= 0.3 is 0 Å². The molecule has 0 saturated carbocycles. The molecule has 21 heavy (non-hydrogen) atoms. The molecule has 0 spiro atoms. The number of sulfonamides is 1. The van der Waals surface area contributed by atoms with Crippen LogP contribution in [0.1, 0.15) is 13.3 Å². The largest absolute Gasteiger partial charge is 0.396 e. The molecule has 0 amide bonds. The average molecular weight is 318 g/mol. The van der Waals surface area contributed by atoms with Crippen LogP contribution in [0.25, 0.3) is 0 Å². The topological polar surface area (TPSA) is 139 Å². The zero-order valence-electron chi connectivity index (χ0n) is 11.5. The number of benzene rings is 1. The van der Waals surface area contributed by atoms with E-state index in [4.69, 9.17) is 10.9 Å². The molecule has 0 aliphatic carbocycles. The van der Waals surface area contributed by atoms with Crippen molar-refractivity contribution in [2.75, 3.05) is 25.1 Å². The Bertz CT molecular complexity index is 605. The maximum absolute atomic E-state index is 12.5. The van der Waals surface area contributed by atoms with Gasteiger partial charge in [0.1, 0.15) is 0 Å². The van der Waals surface area contributed by atoms with E-state index in [0.717, 1.165) is 16.4 Å². The van der Waals surface area contributed by atoms with Gasteiger partial charge in [-0.1, -0.05) is 6.92 Å². The van der Waals surface area contributed by atoms with Crippen LogP contribution in [0.3, 0.4) is 0 Å². The summed E-state index contributed by atoms with van der Waals surface area (Å²) in [5, 5.41) is 19.9. The smallest absolute Gasteiger partial charge is 0.291 e. The number of nitrogens with two attached hydrogens (primary N) is 1. The Labute approximate surface area is 122 Å². The van der Waals surface area contributed by atoms with E-state index in [1.807, 2.05) is 0 Å². The Morgan fingerprint density at radius 2 is 2.14 bits per heavy atom. The predicted octanol–water partition coefficient (Wildman–Crippen LogP) is 0.273. The molecule has 1 aromatic carbocycles. The lowest BCUT2D eigenvalue weighted by Crippen LogP contribution is -2.32. The summed E-state index contributed by atoms with van der Waals surface area (Å²) < 4.78 is 26.0. The molecular weight excluding hydrogens is 300 g/mol. The number of aliphatic hydroxyl groups is 1. The molecular formula is C11H18N4O5S. The van der Waals surface area contributed by atoms with Crippen LogP contribution in [0.5, 0.6) is 0 Å². The van der Waals surface area contributed by atoms with E-state index >= 15 is 0 Å². The zero-order chi connectivity index (χ0) is 16.0. The van der Waals surface area contributed by atoms with Gasteiger partial charge in [0.05, 0.1) is 10.6 Å². The third-order valence-corrected chi connectivity index (χ3v) is 4.88. The van der Waals surface area contributed by atoms with Crippen molar-refractivity contribution in [2.45, 2.75) is 18.2 Å². The van der Waals surface area contributed by atoms with Crippen molar-refractivity contribution in [1.82, 2.24) is 4.31 Å². The number of hydrogen-bond donors (Lipinski definition) is 3. The molecule has 0 radical (unpaired) electrons. The van der Waals surface area contributed by atoms with Gasteiger partial charge in [0, 0.05) is 25.8 Å². The number of hydrogen-bond acceptors (Lipinski definition) is 7. The molecule has 1 rings (SSSR count). The second-order valence-electron chi connectivity index (χ2n) is 4.16. The highest BCUT2D eigenvalue weighted by Crippen LogP contribution is 2.29. The van der Waals surface area contributed by atoms with Gasteiger partial charge in [0.15, 0.2) is 4.90 Å². The first-order valence-electron chi connectivity index (χ1n) is 6.24. The van der Waals surface area contributed by atoms with Crippen molar-refractivity contribution in [3.63, 3.8) is 0 Å². The van der Waals surface area contributed by atoms with Gasteiger partial charge in [-0.3, -0.25) is 16.0 Å². The minimum atomic E-state index is -4.01. The van der Waals surface area contributed by atoms with E-state index in [1.54, 1.807) is 6.92 Å². The van der Waals surface area contributed by atoms with E-state index in [2.05, 4.69) is 5.43 Å². The lowest BCUT2D eigenvalue weighted by Gasteiger charge is -2.20. The SMILES string of the molecule is CCN(CCCO)S(=O)(=O)c1ccc(NN)cc1[N+](=O)[O-]. The van der Waals surface area contributed by atoms with Crippen LogP contribution in [0.2, 0.25) is 0 Å². The second kappa shape index (κ2) is 7.31. The molecule has 0 aromatic heterocycles. The van der Waals surface area contributed by atoms with Crippen LogP contribution >= 0.6 is 0 Å². The summed E-state index contributed by atoms with van der Waals surface area (Å²) in [5.41, 5.74) is 1.92. The summed E-state index contributed by atoms with van der Waals surface area (Å²) in [6.07, 6.45) is 0.253. The summed E-state index contributed by atoms with van der Waals surface area (Å²) in [6.45, 7) is 1.69. The van der Waals surface area contributed by atoms with Gasteiger partial charge in [0.25, 0.3) is 5.69 Å². The lowest BCUT2D eigenvalue weighted by atomic mass is 10.3. The zero-order valence-corrected chi connectivity index (χ0v) is 12.3. The number of nitro benzene ring substituents is 1. The number of rotatable bonds is 8. The Morgan fingerprint density at radius 1 is 1.48 bits per heavy atom. The summed E-state index contributed by atoms with van der Waals surface area (Å²) >= 11 is 0. The summed E-state index contributed by atoms with van der Waals surface area (Å²) in [6, 6.07) is 3.55. The quantitative estimate of drug-likeness (QED) is 0.355. The highest BCUT2D eigenvalue weighted by Gasteiger charge is 2.30. The third-order valence-electron chi connectivity index (χ3n) is 2.86. The van der Waals surface area contributed by atoms with Gasteiger partial charge in [0.2, 0.25) is 10.0 Å². The number of nitro groups is 1. The maximum atomic E-state index is 12.5. The van der Waals surface area contributed by atoms with Crippen LogP contribution in [-0.2, 0) is 10.0 Å². The van der Waals surface area contributed by atoms with Gasteiger partial charge in [-0.15, -0.1) is 0 Å². The molecule has 1 aromatic rings. The van der Waals surface area contributed by atoms with Crippen LogP contribution in [0.4, 0.5) is 11.4 Å². The molecule has 9 nitrogen and oxygen atoms in total. The monoisotopic (exact) mass is 318 g/mol. The molecule has 0 bridgehead atoms. The summed E-state index contributed by atoms with van der Waals surface area (Å²) in [7, 11) is -4.01. The Kier molecular flexibility index (Phi) is 6.03. The molecule has 0 unspecified atom stereocenters. The lowest BCUT2D eigenvalue weighted by molar-refractivity contribution is -0.387. The van der Waals surface area contributed by atoms with Crippen LogP contribution in [0, 0.1) is 10.1 Å². The van der Waals surface area contributed by atoms with Gasteiger partial charge < -0.3 is 10.5 Å². The van der Waals surface area contributed by atoms with Crippen molar-refractivity contribution in [2.24, 2.45) is 5.84 Å². The number of anilines is 1. The molecule has 118 valence electrons. The molecule has 10 heteroatoms. The van der Waals surface area contributed by atoms with Gasteiger partial charge in [-0.05, 0) is 18.6 Å². The first-order chi connectivity index (χ1) is 9.88. The molecule has 4 N–H and O–H groups in total. The highest BCUT2D eigenvalue weighted by atomic mass is 32.2. The van der Waals surface area contributed by atoms with Crippen molar-refractivity contribution in [3.05, 3.63) is 28.3 Å². The average Bonchev–Trinajstić information content (AvgIpc) is 2.47. The first-order valence-corrected chi connectivity index (χ1v) is 7.68. The predicted molar refractivity (Wildman–Crippen MR) is 77.0 cm³/mol. The normalized spacial score (nSPS) is 11.6. The van der Waals surface area contributed by atoms with E-state index < -0.39 is 25.5 Å². The minimum Gasteiger partial charge on any atom is -0.396 e. The van der Waals surface area contributed by atoms with Gasteiger partial charge in [-0.25, -0.2) is 8.42 Å². The Morgan fingerprint density at radius 3 is 2.62 bits per heavy atom. The summed E-state index contributed by atoms with van der Waals surface area (Å²) in [4.78, 5) is 9.91. The molecule has 0 aliphatic rings. The minimum absolute atomic E-state index is 0.0867. The molecule has 0 fully saturated rings. The third kappa shape index (κ3) is 3.88. The number of nitrogens with zero attached hydrogens (tertiary/aromatic N) is 2. The van der Waals surface area contributed by atoms with Crippen LogP contribution < -0.4 is 11.3 Å². The van der Waals surface area contributed by atoms with Crippen LogP contribution in [-0.4, -0.2) is 42.4 Å². The fourth-order valence-corrected chi connectivity index (χ4v) is 3.43. The van der Waals surface area contributed by atoms with Gasteiger partial charge in [-0.2, -0.15) is 4.31 Å². The molecule has 0 aliphatic heterocycles. The molecule has 0 heterocycles. The fourth-order valence-electron chi connectivity index (χ4n) is 1.80.